The Morgan fingerprint density at radius 3 is 2.00 bits per heavy atom. The van der Waals surface area contributed by atoms with Gasteiger partial charge in [0.05, 0.1) is 0 Å². The van der Waals surface area contributed by atoms with Crippen molar-refractivity contribution in [2.75, 3.05) is 0 Å². The monoisotopic (exact) mass is 168 g/mol. The molecule has 0 nitrogen and oxygen atoms in total. The van der Waals surface area contributed by atoms with Crippen molar-refractivity contribution in [2.45, 2.75) is 37.9 Å². The Hall–Kier alpha value is 0.580. The quantitative estimate of drug-likeness (QED) is 0.566. The highest BCUT2D eigenvalue weighted by Crippen LogP contribution is 2.32. The van der Waals surface area contributed by atoms with E-state index < -0.39 is 4.33 Å². The number of halogens is 2. The second-order valence-electron chi connectivity index (χ2n) is 2.65. The highest BCUT2D eigenvalue weighted by Gasteiger charge is 2.23. The molecule has 2 heteroatoms. The molecule has 0 aliphatic heterocycles. The molecule has 0 aromatic heterocycles. The summed E-state index contributed by atoms with van der Waals surface area (Å²) in [5, 5.41) is 0. The van der Waals surface area contributed by atoms with Crippen molar-refractivity contribution in [3.05, 3.63) is 0 Å². The molecule has 0 saturated heterocycles. The fraction of sp³-hybridized carbons (Fsp3) is 1.00. The molecule has 0 N–H and O–H groups in total. The normalized spacial score (nSPS) is 15.7. The van der Waals surface area contributed by atoms with Crippen LogP contribution in [0.25, 0.3) is 0 Å². The summed E-state index contributed by atoms with van der Waals surface area (Å²) in [6, 6.07) is 0. The van der Waals surface area contributed by atoms with Crippen molar-refractivity contribution in [2.24, 2.45) is 5.92 Å². The van der Waals surface area contributed by atoms with Gasteiger partial charge in [0.25, 0.3) is 0 Å². The van der Waals surface area contributed by atoms with Crippen LogP contribution in [0.15, 0.2) is 0 Å². The molecule has 0 heterocycles. The summed E-state index contributed by atoms with van der Waals surface area (Å²) in [6.45, 7) is 6.05. The second-order valence-corrected chi connectivity index (χ2v) is 4.41. The second kappa shape index (κ2) is 3.68. The van der Waals surface area contributed by atoms with Gasteiger partial charge in [-0.05, 0) is 19.3 Å². The smallest absolute Gasteiger partial charge is 0.102 e. The van der Waals surface area contributed by atoms with Crippen LogP contribution >= 0.6 is 23.2 Å². The van der Waals surface area contributed by atoms with Gasteiger partial charge in [0.1, 0.15) is 4.33 Å². The van der Waals surface area contributed by atoms with Crippen molar-refractivity contribution >= 4 is 23.2 Å². The van der Waals surface area contributed by atoms with Crippen LogP contribution in [-0.4, -0.2) is 4.33 Å². The van der Waals surface area contributed by atoms with E-state index in [2.05, 4.69) is 13.8 Å². The minimum Gasteiger partial charge on any atom is -0.102 e. The average Bonchev–Trinajstić information content (AvgIpc) is 1.64. The number of hydrogen-bond donors (Lipinski definition) is 0. The van der Waals surface area contributed by atoms with Gasteiger partial charge in [0.15, 0.2) is 0 Å². The third-order valence-corrected chi connectivity index (χ3v) is 2.33. The molecule has 0 radical (unpaired) electrons. The van der Waals surface area contributed by atoms with Crippen LogP contribution in [0.2, 0.25) is 0 Å². The number of rotatable bonds is 3. The maximum atomic E-state index is 5.83. The molecular formula is C7H14Cl2. The highest BCUT2D eigenvalue weighted by molar-refractivity contribution is 6.48. The van der Waals surface area contributed by atoms with E-state index in [1.807, 2.05) is 6.92 Å². The lowest BCUT2D eigenvalue weighted by Gasteiger charge is -2.21. The molecule has 1 atom stereocenters. The highest BCUT2D eigenvalue weighted by atomic mass is 35.5. The Balaban J connectivity index is 3.59. The van der Waals surface area contributed by atoms with Gasteiger partial charge in [0, 0.05) is 0 Å². The topological polar surface area (TPSA) is 0 Å². The predicted octanol–water partition coefficient (Wildman–Crippen LogP) is 3.62. The van der Waals surface area contributed by atoms with Crippen LogP contribution in [0.4, 0.5) is 0 Å². The Morgan fingerprint density at radius 2 is 1.89 bits per heavy atom. The molecule has 0 saturated carbocycles. The van der Waals surface area contributed by atoms with E-state index in [1.165, 1.54) is 0 Å². The van der Waals surface area contributed by atoms with Crippen molar-refractivity contribution in [1.29, 1.82) is 0 Å². The van der Waals surface area contributed by atoms with Gasteiger partial charge < -0.3 is 0 Å². The van der Waals surface area contributed by atoms with Crippen LogP contribution in [0.3, 0.4) is 0 Å². The molecule has 0 amide bonds. The summed E-state index contributed by atoms with van der Waals surface area (Å²) < 4.78 is -0.546. The van der Waals surface area contributed by atoms with Gasteiger partial charge >= 0.3 is 0 Å². The minimum absolute atomic E-state index is 0.394. The lowest BCUT2D eigenvalue weighted by Crippen LogP contribution is -2.18. The first kappa shape index (κ1) is 9.58. The lowest BCUT2D eigenvalue weighted by atomic mass is 10.0. The predicted molar refractivity (Wildman–Crippen MR) is 44.2 cm³/mol. The summed E-state index contributed by atoms with van der Waals surface area (Å²) in [5.41, 5.74) is 0. The van der Waals surface area contributed by atoms with Crippen LogP contribution in [0.1, 0.15) is 33.6 Å². The van der Waals surface area contributed by atoms with Crippen LogP contribution in [-0.2, 0) is 0 Å². The lowest BCUT2D eigenvalue weighted by molar-refractivity contribution is 0.483. The molecule has 56 valence electrons. The zero-order valence-electron chi connectivity index (χ0n) is 6.25. The summed E-state index contributed by atoms with van der Waals surface area (Å²) in [7, 11) is 0. The maximum Gasteiger partial charge on any atom is 0.118 e. The molecule has 0 aromatic rings. The van der Waals surface area contributed by atoms with Gasteiger partial charge in [-0.15, -0.1) is 23.2 Å². The fourth-order valence-electron chi connectivity index (χ4n) is 0.686. The summed E-state index contributed by atoms with van der Waals surface area (Å²) in [5.74, 6) is 0.394. The van der Waals surface area contributed by atoms with Gasteiger partial charge in [-0.2, -0.15) is 0 Å². The number of hydrogen-bond acceptors (Lipinski definition) is 0. The number of alkyl halides is 2. The average molecular weight is 169 g/mol. The van der Waals surface area contributed by atoms with Crippen molar-refractivity contribution in [3.63, 3.8) is 0 Å². The van der Waals surface area contributed by atoms with Crippen LogP contribution in [0, 0.1) is 5.92 Å². The maximum absolute atomic E-state index is 5.83. The van der Waals surface area contributed by atoms with Crippen LogP contribution < -0.4 is 0 Å². The van der Waals surface area contributed by atoms with E-state index in [0.29, 0.717) is 5.92 Å². The van der Waals surface area contributed by atoms with Gasteiger partial charge in [0.2, 0.25) is 0 Å². The van der Waals surface area contributed by atoms with Crippen molar-refractivity contribution < 1.29 is 0 Å². The van der Waals surface area contributed by atoms with Crippen molar-refractivity contribution in [1.82, 2.24) is 0 Å². The molecule has 1 unspecified atom stereocenters. The van der Waals surface area contributed by atoms with E-state index in [9.17, 15) is 0 Å². The Kier molecular flexibility index (Phi) is 3.91. The third-order valence-electron chi connectivity index (χ3n) is 1.59. The molecule has 0 aromatic carbocycles. The van der Waals surface area contributed by atoms with Gasteiger partial charge in [-0.25, -0.2) is 0 Å². The molecule has 0 fully saturated rings. The molecule has 0 aliphatic rings. The summed E-state index contributed by atoms with van der Waals surface area (Å²) >= 11 is 11.7. The van der Waals surface area contributed by atoms with E-state index in [0.717, 1.165) is 12.8 Å². The van der Waals surface area contributed by atoms with E-state index in [-0.39, 0.29) is 0 Å². The molecule has 0 bridgehead atoms. The SMILES string of the molecule is CCCC(C)C(C)(Cl)Cl. The van der Waals surface area contributed by atoms with Gasteiger partial charge in [-0.1, -0.05) is 20.3 Å². The zero-order chi connectivity index (χ0) is 7.49. The fourth-order valence-corrected chi connectivity index (χ4v) is 0.905. The molecule has 9 heavy (non-hydrogen) atoms. The van der Waals surface area contributed by atoms with Gasteiger partial charge in [-0.3, -0.25) is 0 Å². The largest absolute Gasteiger partial charge is 0.118 e. The first-order valence-electron chi connectivity index (χ1n) is 3.36. The zero-order valence-corrected chi connectivity index (χ0v) is 7.76. The molecule has 0 rings (SSSR count). The van der Waals surface area contributed by atoms with Crippen molar-refractivity contribution in [3.8, 4) is 0 Å². The van der Waals surface area contributed by atoms with E-state index in [1.54, 1.807) is 0 Å². The minimum atomic E-state index is -0.546. The summed E-state index contributed by atoms with van der Waals surface area (Å²) in [6.07, 6.45) is 2.25. The Morgan fingerprint density at radius 1 is 1.44 bits per heavy atom. The van der Waals surface area contributed by atoms with Crippen LogP contribution in [0.5, 0.6) is 0 Å². The molecule has 0 spiro atoms. The van der Waals surface area contributed by atoms with E-state index in [4.69, 9.17) is 23.2 Å². The molecule has 0 aliphatic carbocycles. The first-order valence-corrected chi connectivity index (χ1v) is 4.12. The van der Waals surface area contributed by atoms with E-state index >= 15 is 0 Å². The standard InChI is InChI=1S/C7H14Cl2/c1-4-5-6(2)7(3,8)9/h6H,4-5H2,1-3H3. The third kappa shape index (κ3) is 4.05. The first-order chi connectivity index (χ1) is 3.98. The Bertz CT molecular complexity index is 73.5. The summed E-state index contributed by atoms with van der Waals surface area (Å²) in [4.78, 5) is 0. The Labute approximate surface area is 67.5 Å². The molecular weight excluding hydrogens is 155 g/mol.